The highest BCUT2D eigenvalue weighted by molar-refractivity contribution is 8.74. The first-order chi connectivity index (χ1) is 5.02. The number of amides is 1. The van der Waals surface area contributed by atoms with Crippen molar-refractivity contribution in [2.24, 2.45) is 0 Å². The maximum Gasteiger partial charge on any atom is 0.286 e. The standard InChI is InChI=1S/C5H12NO2PS2/c1-4-6-5(7)11-9(3,10)8-2/h4H2,1-3H3,(H,6,7). The van der Waals surface area contributed by atoms with E-state index in [2.05, 4.69) is 5.32 Å². The van der Waals surface area contributed by atoms with Gasteiger partial charge in [-0.25, -0.2) is 0 Å². The molecule has 0 aromatic carbocycles. The van der Waals surface area contributed by atoms with Crippen molar-refractivity contribution >= 4 is 33.9 Å². The third-order valence-electron chi connectivity index (χ3n) is 0.901. The Labute approximate surface area is 76.1 Å². The normalized spacial score (nSPS) is 15.5. The molecule has 0 radical (unpaired) electrons. The molecule has 0 rings (SSSR count). The lowest BCUT2D eigenvalue weighted by molar-refractivity contribution is 0.261. The fraction of sp³-hybridized carbons (Fsp3) is 0.800. The first-order valence-corrected chi connectivity index (χ1v) is 7.71. The second kappa shape index (κ2) is 5.14. The molecule has 0 aliphatic heterocycles. The van der Waals surface area contributed by atoms with Crippen LogP contribution in [0.15, 0.2) is 0 Å². The monoisotopic (exact) mass is 213 g/mol. The number of hydrogen-bond acceptors (Lipinski definition) is 4. The Morgan fingerprint density at radius 3 is 2.73 bits per heavy atom. The van der Waals surface area contributed by atoms with E-state index in [1.807, 2.05) is 6.92 Å². The van der Waals surface area contributed by atoms with E-state index >= 15 is 0 Å². The molecule has 11 heavy (non-hydrogen) atoms. The Hall–Kier alpha value is 0.430. The maximum atomic E-state index is 11.0. The Balaban J connectivity index is 3.84. The van der Waals surface area contributed by atoms with Gasteiger partial charge in [0.05, 0.1) is 0 Å². The molecular weight excluding hydrogens is 201 g/mol. The lowest BCUT2D eigenvalue weighted by Gasteiger charge is -2.11. The van der Waals surface area contributed by atoms with E-state index in [0.717, 1.165) is 11.4 Å². The van der Waals surface area contributed by atoms with Gasteiger partial charge in [-0.05, 0) is 25.0 Å². The van der Waals surface area contributed by atoms with Gasteiger partial charge in [0.1, 0.15) is 5.47 Å². The minimum atomic E-state index is -1.92. The van der Waals surface area contributed by atoms with Gasteiger partial charge in [-0.1, -0.05) is 11.8 Å². The summed E-state index contributed by atoms with van der Waals surface area (Å²) >= 11 is 6.11. The molecule has 0 aromatic heterocycles. The summed E-state index contributed by atoms with van der Waals surface area (Å²) < 4.78 is 4.98. The Bertz CT molecular complexity index is 185. The van der Waals surface area contributed by atoms with E-state index in [1.165, 1.54) is 7.11 Å². The highest BCUT2D eigenvalue weighted by Gasteiger charge is 2.14. The number of carbonyl (C=O) groups excluding carboxylic acids is 1. The van der Waals surface area contributed by atoms with E-state index in [1.54, 1.807) is 6.66 Å². The first kappa shape index (κ1) is 11.4. The van der Waals surface area contributed by atoms with Crippen LogP contribution in [0, 0.1) is 0 Å². The molecule has 0 fully saturated rings. The molecule has 1 amide bonds. The molecule has 0 aromatic rings. The maximum absolute atomic E-state index is 11.0. The molecule has 6 heteroatoms. The van der Waals surface area contributed by atoms with Crippen LogP contribution in [0.1, 0.15) is 6.92 Å². The second-order valence-electron chi connectivity index (χ2n) is 1.86. The van der Waals surface area contributed by atoms with E-state index in [9.17, 15) is 4.79 Å². The SMILES string of the molecule is CCNC(=O)SP(C)(=S)OC. The van der Waals surface area contributed by atoms with Gasteiger partial charge in [0, 0.05) is 13.7 Å². The second-order valence-corrected chi connectivity index (χ2v) is 9.75. The molecule has 1 N–H and O–H groups in total. The topological polar surface area (TPSA) is 38.3 Å². The van der Waals surface area contributed by atoms with Crippen molar-refractivity contribution in [1.29, 1.82) is 0 Å². The molecule has 0 spiro atoms. The van der Waals surface area contributed by atoms with Crippen molar-refractivity contribution in [2.45, 2.75) is 6.92 Å². The number of nitrogens with one attached hydrogen (secondary N) is 1. The third-order valence-corrected chi connectivity index (χ3v) is 5.26. The summed E-state index contributed by atoms with van der Waals surface area (Å²) in [7, 11) is 1.53. The minimum Gasteiger partial charge on any atom is -0.347 e. The highest BCUT2D eigenvalue weighted by Crippen LogP contribution is 2.55. The van der Waals surface area contributed by atoms with Gasteiger partial charge in [-0.2, -0.15) is 0 Å². The van der Waals surface area contributed by atoms with Crippen LogP contribution in [0.3, 0.4) is 0 Å². The molecule has 66 valence electrons. The van der Waals surface area contributed by atoms with Crippen LogP contribution in [0.4, 0.5) is 4.79 Å². The molecule has 1 unspecified atom stereocenters. The first-order valence-electron chi connectivity index (χ1n) is 3.12. The Morgan fingerprint density at radius 1 is 1.82 bits per heavy atom. The average Bonchev–Trinajstić information content (AvgIpc) is 1.87. The van der Waals surface area contributed by atoms with Crippen LogP contribution in [0.25, 0.3) is 0 Å². The summed E-state index contributed by atoms with van der Waals surface area (Å²) in [4.78, 5) is 11.0. The van der Waals surface area contributed by atoms with Crippen LogP contribution in [-0.2, 0) is 16.3 Å². The van der Waals surface area contributed by atoms with Crippen LogP contribution < -0.4 is 5.32 Å². The highest BCUT2D eigenvalue weighted by atomic mass is 32.9. The van der Waals surface area contributed by atoms with Gasteiger partial charge in [-0.15, -0.1) is 0 Å². The third kappa shape index (κ3) is 5.67. The van der Waals surface area contributed by atoms with E-state index < -0.39 is 5.47 Å². The van der Waals surface area contributed by atoms with Crippen LogP contribution in [0.5, 0.6) is 0 Å². The largest absolute Gasteiger partial charge is 0.347 e. The smallest absolute Gasteiger partial charge is 0.286 e. The zero-order valence-corrected chi connectivity index (χ0v) is 9.31. The summed E-state index contributed by atoms with van der Waals surface area (Å²) in [6.07, 6.45) is 0. The number of rotatable bonds is 3. The fourth-order valence-corrected chi connectivity index (χ4v) is 2.88. The average molecular weight is 213 g/mol. The fourth-order valence-electron chi connectivity index (χ4n) is 0.364. The molecule has 0 bridgehead atoms. The summed E-state index contributed by atoms with van der Waals surface area (Å²) in [5.41, 5.74) is -1.92. The van der Waals surface area contributed by atoms with Gasteiger partial charge in [0.15, 0.2) is 0 Å². The quantitative estimate of drug-likeness (QED) is 0.728. The number of carbonyl (C=O) groups is 1. The molecule has 0 aliphatic carbocycles. The minimum absolute atomic E-state index is 0.0971. The van der Waals surface area contributed by atoms with E-state index in [0.29, 0.717) is 6.54 Å². The van der Waals surface area contributed by atoms with E-state index in [4.69, 9.17) is 16.3 Å². The summed E-state index contributed by atoms with van der Waals surface area (Å²) in [5, 5.41) is 2.54. The Morgan fingerprint density at radius 2 is 2.36 bits per heavy atom. The molecule has 0 heterocycles. The van der Waals surface area contributed by atoms with Gasteiger partial charge < -0.3 is 9.84 Å². The lowest BCUT2D eigenvalue weighted by Crippen LogP contribution is -2.16. The van der Waals surface area contributed by atoms with Gasteiger partial charge in [0.25, 0.3) is 5.24 Å². The lowest BCUT2D eigenvalue weighted by atomic mass is 10.8. The summed E-state index contributed by atoms with van der Waals surface area (Å²) in [5.74, 6) is 0. The van der Waals surface area contributed by atoms with Crippen LogP contribution in [0.2, 0.25) is 0 Å². The van der Waals surface area contributed by atoms with Crippen LogP contribution >= 0.6 is 16.8 Å². The van der Waals surface area contributed by atoms with Gasteiger partial charge in [0.2, 0.25) is 0 Å². The molecule has 0 saturated carbocycles. The predicted octanol–water partition coefficient (Wildman–Crippen LogP) is 2.03. The number of hydrogen-bond donors (Lipinski definition) is 1. The van der Waals surface area contributed by atoms with Crippen LogP contribution in [-0.4, -0.2) is 25.6 Å². The Kier molecular flexibility index (Phi) is 5.34. The van der Waals surface area contributed by atoms with E-state index in [-0.39, 0.29) is 5.24 Å². The zero-order chi connectivity index (χ0) is 8.91. The van der Waals surface area contributed by atoms with Crippen molar-refractivity contribution in [3.63, 3.8) is 0 Å². The van der Waals surface area contributed by atoms with Crippen molar-refractivity contribution < 1.29 is 9.32 Å². The molecular formula is C5H12NO2PS2. The molecule has 0 saturated heterocycles. The van der Waals surface area contributed by atoms with Crippen molar-refractivity contribution in [1.82, 2.24) is 5.32 Å². The molecule has 0 aliphatic rings. The molecule has 3 nitrogen and oxygen atoms in total. The van der Waals surface area contributed by atoms with Gasteiger partial charge >= 0.3 is 0 Å². The van der Waals surface area contributed by atoms with Crippen molar-refractivity contribution in [2.75, 3.05) is 20.3 Å². The zero-order valence-electron chi connectivity index (χ0n) is 6.79. The summed E-state index contributed by atoms with van der Waals surface area (Å²) in [6, 6.07) is 0. The summed E-state index contributed by atoms with van der Waals surface area (Å²) in [6.45, 7) is 4.28. The van der Waals surface area contributed by atoms with Crippen molar-refractivity contribution in [3.8, 4) is 0 Å². The molecule has 1 atom stereocenters. The van der Waals surface area contributed by atoms with Gasteiger partial charge in [-0.3, -0.25) is 4.79 Å². The van der Waals surface area contributed by atoms with Crippen molar-refractivity contribution in [3.05, 3.63) is 0 Å². The predicted molar refractivity (Wildman–Crippen MR) is 53.9 cm³/mol.